The van der Waals surface area contributed by atoms with Crippen LogP contribution >= 0.6 is 23.4 Å². The molecule has 0 saturated carbocycles. The van der Waals surface area contributed by atoms with Crippen molar-refractivity contribution in [1.82, 2.24) is 4.90 Å². The number of hydrogen-bond acceptors (Lipinski definition) is 5. The number of carbonyl (C=O) groups excluding carboxylic acids is 3. The lowest BCUT2D eigenvalue weighted by Gasteiger charge is -2.19. The number of carbonyl (C=O) groups is 3. The molecule has 1 atom stereocenters. The Hall–Kier alpha value is -2.84. The molecule has 2 aromatic rings. The topological polar surface area (TPSA) is 75.7 Å². The summed E-state index contributed by atoms with van der Waals surface area (Å²) < 4.78 is 18.4. The van der Waals surface area contributed by atoms with Crippen LogP contribution in [0, 0.1) is 5.82 Å². The molecular formula is C22H20ClFN2O4S. The molecule has 1 fully saturated rings. The first-order valence-electron chi connectivity index (χ1n) is 9.53. The maximum atomic E-state index is 12.9. The van der Waals surface area contributed by atoms with Crippen LogP contribution in [-0.4, -0.2) is 34.6 Å². The Morgan fingerprint density at radius 2 is 1.97 bits per heavy atom. The number of imide groups is 1. The van der Waals surface area contributed by atoms with Crippen molar-refractivity contribution in [3.05, 3.63) is 63.8 Å². The van der Waals surface area contributed by atoms with Crippen molar-refractivity contribution >= 4 is 52.2 Å². The lowest BCUT2D eigenvalue weighted by Crippen LogP contribution is -2.36. The van der Waals surface area contributed by atoms with Crippen LogP contribution in [0.1, 0.15) is 25.8 Å². The molecule has 9 heteroatoms. The van der Waals surface area contributed by atoms with Gasteiger partial charge in [0, 0.05) is 11.7 Å². The molecule has 0 aromatic heterocycles. The Kier molecular flexibility index (Phi) is 7.35. The Labute approximate surface area is 188 Å². The van der Waals surface area contributed by atoms with Crippen molar-refractivity contribution in [2.24, 2.45) is 0 Å². The predicted octanol–water partition coefficient (Wildman–Crippen LogP) is 5.33. The van der Waals surface area contributed by atoms with Gasteiger partial charge in [-0.15, -0.1) is 0 Å². The van der Waals surface area contributed by atoms with Gasteiger partial charge in [-0.3, -0.25) is 19.3 Å². The van der Waals surface area contributed by atoms with Gasteiger partial charge in [-0.05, 0) is 73.1 Å². The van der Waals surface area contributed by atoms with Crippen molar-refractivity contribution in [2.45, 2.75) is 26.3 Å². The minimum atomic E-state index is -0.425. The average molecular weight is 463 g/mol. The Balaban J connectivity index is 1.63. The van der Waals surface area contributed by atoms with E-state index in [0.717, 1.165) is 11.8 Å². The number of nitrogens with zero attached hydrogens (tertiary/aromatic N) is 1. The van der Waals surface area contributed by atoms with Crippen LogP contribution in [0.15, 0.2) is 47.4 Å². The molecule has 1 heterocycles. The van der Waals surface area contributed by atoms with Crippen molar-refractivity contribution < 1.29 is 23.5 Å². The SMILES string of the molecule is CC[C@@H](C)N1C(=O)S/C(=C/c2ccc(OCC(=O)Nc3ccc(F)cc3)c(Cl)c2)C1=O. The first kappa shape index (κ1) is 22.8. The summed E-state index contributed by atoms with van der Waals surface area (Å²) >= 11 is 7.14. The van der Waals surface area contributed by atoms with Crippen LogP contribution in [0.5, 0.6) is 5.75 Å². The average Bonchev–Trinajstić information content (AvgIpc) is 3.01. The highest BCUT2D eigenvalue weighted by molar-refractivity contribution is 8.18. The van der Waals surface area contributed by atoms with Gasteiger partial charge in [-0.1, -0.05) is 24.6 Å². The molecule has 0 bridgehead atoms. The highest BCUT2D eigenvalue weighted by atomic mass is 35.5. The molecule has 1 N–H and O–H groups in total. The normalized spacial score (nSPS) is 16.0. The smallest absolute Gasteiger partial charge is 0.293 e. The lowest BCUT2D eigenvalue weighted by molar-refractivity contribution is -0.124. The van der Waals surface area contributed by atoms with E-state index in [1.807, 2.05) is 13.8 Å². The zero-order valence-electron chi connectivity index (χ0n) is 16.9. The Morgan fingerprint density at radius 1 is 1.26 bits per heavy atom. The van der Waals surface area contributed by atoms with Crippen molar-refractivity contribution in [3.63, 3.8) is 0 Å². The molecular weight excluding hydrogens is 443 g/mol. The summed E-state index contributed by atoms with van der Waals surface area (Å²) in [4.78, 5) is 38.2. The minimum absolute atomic E-state index is 0.168. The van der Waals surface area contributed by atoms with Crippen molar-refractivity contribution in [1.29, 1.82) is 0 Å². The molecule has 0 radical (unpaired) electrons. The summed E-state index contributed by atoms with van der Waals surface area (Å²) in [6.45, 7) is 3.45. The number of thioether (sulfide) groups is 1. The van der Waals surface area contributed by atoms with Crippen LogP contribution in [-0.2, 0) is 9.59 Å². The van der Waals surface area contributed by atoms with Crippen LogP contribution in [0.2, 0.25) is 5.02 Å². The molecule has 0 aliphatic carbocycles. The largest absolute Gasteiger partial charge is 0.482 e. The van der Waals surface area contributed by atoms with Crippen molar-refractivity contribution in [3.8, 4) is 5.75 Å². The highest BCUT2D eigenvalue weighted by Crippen LogP contribution is 2.35. The van der Waals surface area contributed by atoms with Crippen LogP contribution in [0.3, 0.4) is 0 Å². The predicted molar refractivity (Wildman–Crippen MR) is 120 cm³/mol. The molecule has 162 valence electrons. The number of ether oxygens (including phenoxy) is 1. The van der Waals surface area contributed by atoms with E-state index < -0.39 is 11.7 Å². The fourth-order valence-electron chi connectivity index (χ4n) is 2.79. The molecule has 2 aromatic carbocycles. The second kappa shape index (κ2) is 9.98. The Bertz CT molecular complexity index is 1040. The van der Waals surface area contributed by atoms with E-state index in [1.165, 1.54) is 29.2 Å². The van der Waals surface area contributed by atoms with Crippen LogP contribution in [0.25, 0.3) is 6.08 Å². The number of nitrogens with one attached hydrogen (secondary N) is 1. The minimum Gasteiger partial charge on any atom is -0.482 e. The number of hydrogen-bond donors (Lipinski definition) is 1. The molecule has 0 unspecified atom stereocenters. The molecule has 1 saturated heterocycles. The summed E-state index contributed by atoms with van der Waals surface area (Å²) in [5, 5.41) is 2.55. The van der Waals surface area contributed by atoms with Gasteiger partial charge in [0.25, 0.3) is 17.1 Å². The van der Waals surface area contributed by atoms with Gasteiger partial charge in [-0.2, -0.15) is 0 Å². The number of benzene rings is 2. The maximum Gasteiger partial charge on any atom is 0.293 e. The van der Waals surface area contributed by atoms with Gasteiger partial charge in [0.2, 0.25) is 0 Å². The van der Waals surface area contributed by atoms with E-state index >= 15 is 0 Å². The van der Waals surface area contributed by atoms with E-state index in [4.69, 9.17) is 16.3 Å². The summed E-state index contributed by atoms with van der Waals surface area (Å²) in [6, 6.07) is 10.0. The van der Waals surface area contributed by atoms with E-state index in [0.29, 0.717) is 28.3 Å². The van der Waals surface area contributed by atoms with E-state index in [9.17, 15) is 18.8 Å². The third kappa shape index (κ3) is 5.65. The molecule has 6 nitrogen and oxygen atoms in total. The number of halogens is 2. The highest BCUT2D eigenvalue weighted by Gasteiger charge is 2.37. The molecule has 31 heavy (non-hydrogen) atoms. The van der Waals surface area contributed by atoms with Gasteiger partial charge >= 0.3 is 0 Å². The maximum absolute atomic E-state index is 12.9. The van der Waals surface area contributed by atoms with Crippen LogP contribution < -0.4 is 10.1 Å². The first-order chi connectivity index (χ1) is 14.8. The summed E-state index contributed by atoms with van der Waals surface area (Å²) in [5.41, 5.74) is 1.07. The third-order valence-electron chi connectivity index (χ3n) is 4.60. The standard InChI is InChI=1S/C22H20ClFN2O4S/c1-3-13(2)26-21(28)19(31-22(26)29)11-14-4-9-18(17(23)10-14)30-12-20(27)25-16-7-5-15(24)6-8-16/h4-11,13H,3,12H2,1-2H3,(H,25,27)/b19-11+/t13-/m1/s1. The fourth-order valence-corrected chi connectivity index (χ4v) is 3.96. The van der Waals surface area contributed by atoms with Gasteiger partial charge < -0.3 is 10.1 Å². The summed E-state index contributed by atoms with van der Waals surface area (Å²) in [5.74, 6) is -0.852. The second-order valence-electron chi connectivity index (χ2n) is 6.84. The fraction of sp³-hybridized carbons (Fsp3) is 0.227. The Morgan fingerprint density at radius 3 is 2.61 bits per heavy atom. The van der Waals surface area contributed by atoms with Gasteiger partial charge in [-0.25, -0.2) is 4.39 Å². The van der Waals surface area contributed by atoms with E-state index in [-0.39, 0.29) is 28.8 Å². The molecule has 3 amide bonds. The van der Waals surface area contributed by atoms with Gasteiger partial charge in [0.15, 0.2) is 6.61 Å². The monoisotopic (exact) mass is 462 g/mol. The number of rotatable bonds is 7. The first-order valence-corrected chi connectivity index (χ1v) is 10.7. The second-order valence-corrected chi connectivity index (χ2v) is 8.24. The molecule has 1 aliphatic rings. The summed E-state index contributed by atoms with van der Waals surface area (Å²) in [6.07, 6.45) is 2.28. The zero-order chi connectivity index (χ0) is 22.5. The number of anilines is 1. The van der Waals surface area contributed by atoms with E-state index in [1.54, 1.807) is 24.3 Å². The van der Waals surface area contributed by atoms with Gasteiger partial charge in [0.1, 0.15) is 11.6 Å². The van der Waals surface area contributed by atoms with Crippen LogP contribution in [0.4, 0.5) is 14.9 Å². The molecule has 3 rings (SSSR count). The molecule has 0 spiro atoms. The van der Waals surface area contributed by atoms with Gasteiger partial charge in [0.05, 0.1) is 9.93 Å². The van der Waals surface area contributed by atoms with E-state index in [2.05, 4.69) is 5.32 Å². The van der Waals surface area contributed by atoms with Crippen molar-refractivity contribution in [2.75, 3.05) is 11.9 Å². The third-order valence-corrected chi connectivity index (χ3v) is 5.77. The molecule has 1 aliphatic heterocycles. The lowest BCUT2D eigenvalue weighted by atomic mass is 10.2. The quantitative estimate of drug-likeness (QED) is 0.563. The zero-order valence-corrected chi connectivity index (χ0v) is 18.4. The number of amides is 3. The summed E-state index contributed by atoms with van der Waals surface area (Å²) in [7, 11) is 0.